The predicted octanol–water partition coefficient (Wildman–Crippen LogP) is 5.93. The number of benzene rings is 2. The minimum Gasteiger partial charge on any atom is -0.388 e. The zero-order chi connectivity index (χ0) is 28.2. The Labute approximate surface area is 226 Å². The van der Waals surface area contributed by atoms with Crippen LogP contribution in [0.15, 0.2) is 65.9 Å². The average molecular weight is 543 g/mol. The highest BCUT2D eigenvalue weighted by atomic mass is 19.3. The van der Waals surface area contributed by atoms with Crippen LogP contribution < -0.4 is 5.32 Å². The smallest absolute Gasteiger partial charge is 0.262 e. The van der Waals surface area contributed by atoms with Gasteiger partial charge in [-0.1, -0.05) is 48.5 Å². The molecule has 0 bridgehead atoms. The number of aromatic nitrogens is 2. The molecule has 39 heavy (non-hydrogen) atoms. The fourth-order valence-corrected chi connectivity index (χ4v) is 4.81. The Morgan fingerprint density at radius 3 is 2.36 bits per heavy atom. The van der Waals surface area contributed by atoms with Gasteiger partial charge in [0.05, 0.1) is 36.7 Å². The second kappa shape index (κ2) is 11.7. The number of aliphatic imine (C=N–C) groups is 1. The summed E-state index contributed by atoms with van der Waals surface area (Å²) in [6, 6.07) is 15.4. The first-order chi connectivity index (χ1) is 18.4. The fourth-order valence-electron chi connectivity index (χ4n) is 4.81. The molecule has 2 heterocycles. The molecule has 6 nitrogen and oxygen atoms in total. The number of likely N-dealkylation sites (tertiary alicyclic amines) is 1. The second-order valence-electron chi connectivity index (χ2n) is 10.3. The van der Waals surface area contributed by atoms with E-state index in [9.17, 15) is 17.6 Å². The summed E-state index contributed by atoms with van der Waals surface area (Å²) in [6.45, 7) is 4.95. The molecule has 208 valence electrons. The lowest BCUT2D eigenvalue weighted by Gasteiger charge is -2.20. The normalized spacial score (nSPS) is 18.1. The maximum atomic E-state index is 13.8. The fraction of sp³-hybridized carbons (Fsp3) is 0.379. The van der Waals surface area contributed by atoms with Gasteiger partial charge in [-0.25, -0.2) is 22.5 Å². The first-order valence-electron chi connectivity index (χ1n) is 12.7. The van der Waals surface area contributed by atoms with Gasteiger partial charge in [0.1, 0.15) is 5.82 Å². The van der Waals surface area contributed by atoms with E-state index in [0.717, 1.165) is 34.9 Å². The van der Waals surface area contributed by atoms with Gasteiger partial charge in [-0.2, -0.15) is 0 Å². The van der Waals surface area contributed by atoms with E-state index in [1.807, 2.05) is 48.5 Å². The van der Waals surface area contributed by atoms with E-state index in [1.54, 1.807) is 36.3 Å². The highest BCUT2D eigenvalue weighted by Gasteiger charge is 2.44. The van der Waals surface area contributed by atoms with Crippen molar-refractivity contribution in [3.8, 4) is 22.4 Å². The topological polar surface area (TPSA) is 59.6 Å². The minimum absolute atomic E-state index is 0.239. The SMILES string of the molecule is C=N/C(=C\NCCN(C)CC(C)(F)F)c1ccc(-c2ccc(-c3cnc(C4CC(F)(F)CN4C)[nH]3)cc2)cc1. The van der Waals surface area contributed by atoms with Crippen molar-refractivity contribution >= 4 is 12.4 Å². The Morgan fingerprint density at radius 2 is 1.79 bits per heavy atom. The Kier molecular flexibility index (Phi) is 8.56. The number of nitrogens with one attached hydrogen (secondary N) is 2. The number of nitrogens with zero attached hydrogens (tertiary/aromatic N) is 4. The second-order valence-corrected chi connectivity index (χ2v) is 10.3. The van der Waals surface area contributed by atoms with Crippen LogP contribution in [0.4, 0.5) is 17.6 Å². The summed E-state index contributed by atoms with van der Waals surface area (Å²) in [7, 11) is 3.35. The summed E-state index contributed by atoms with van der Waals surface area (Å²) in [5.41, 5.74) is 5.27. The largest absolute Gasteiger partial charge is 0.388 e. The first kappa shape index (κ1) is 28.5. The third-order valence-corrected chi connectivity index (χ3v) is 6.72. The van der Waals surface area contributed by atoms with Gasteiger partial charge < -0.3 is 10.3 Å². The summed E-state index contributed by atoms with van der Waals surface area (Å²) in [5, 5.41) is 3.12. The maximum Gasteiger partial charge on any atom is 0.262 e. The number of imidazole rings is 1. The summed E-state index contributed by atoms with van der Waals surface area (Å²) in [4.78, 5) is 14.9. The van der Waals surface area contributed by atoms with Crippen molar-refractivity contribution in [2.45, 2.75) is 31.2 Å². The Bertz CT molecular complexity index is 1280. The number of rotatable bonds is 11. The van der Waals surface area contributed by atoms with Crippen LogP contribution in [0.25, 0.3) is 28.1 Å². The third kappa shape index (κ3) is 7.54. The third-order valence-electron chi connectivity index (χ3n) is 6.72. The molecule has 0 spiro atoms. The molecule has 1 aliphatic heterocycles. The molecule has 4 rings (SSSR count). The molecule has 1 fully saturated rings. The van der Waals surface area contributed by atoms with E-state index >= 15 is 0 Å². The molecule has 0 amide bonds. The minimum atomic E-state index is -2.72. The number of aromatic amines is 1. The molecule has 10 heteroatoms. The van der Waals surface area contributed by atoms with Gasteiger partial charge in [-0.3, -0.25) is 14.8 Å². The number of likely N-dealkylation sites (N-methyl/N-ethyl adjacent to an activating group) is 1. The zero-order valence-corrected chi connectivity index (χ0v) is 22.4. The molecule has 1 saturated heterocycles. The van der Waals surface area contributed by atoms with Crippen LogP contribution in [0, 0.1) is 0 Å². The highest BCUT2D eigenvalue weighted by molar-refractivity contribution is 5.73. The standard InChI is InChI=1S/C29H34F4N6/c1-28(30,31)18-38(3)14-13-35-16-24(34-2)22-9-5-20(6-10-22)21-7-11-23(12-8-21)25-17-36-27(37-25)26-15-29(32,33)19-39(26)4/h5-12,16-17,26,35H,2,13-15,18-19H2,1,3-4H3,(H,36,37)/b24-16-. The van der Waals surface area contributed by atoms with E-state index in [4.69, 9.17) is 0 Å². The molecule has 2 aromatic carbocycles. The summed E-state index contributed by atoms with van der Waals surface area (Å²) >= 11 is 0. The van der Waals surface area contributed by atoms with Crippen molar-refractivity contribution in [1.29, 1.82) is 0 Å². The predicted molar refractivity (Wildman–Crippen MR) is 148 cm³/mol. The lowest BCUT2D eigenvalue weighted by molar-refractivity contribution is -0.00745. The molecule has 0 aliphatic carbocycles. The van der Waals surface area contributed by atoms with Gasteiger partial charge in [-0.05, 0) is 37.5 Å². The van der Waals surface area contributed by atoms with Gasteiger partial charge in [-0.15, -0.1) is 0 Å². The van der Waals surface area contributed by atoms with Gasteiger partial charge in [0.15, 0.2) is 0 Å². The van der Waals surface area contributed by atoms with Crippen LogP contribution >= 0.6 is 0 Å². The van der Waals surface area contributed by atoms with Gasteiger partial charge >= 0.3 is 0 Å². The lowest BCUT2D eigenvalue weighted by Crippen LogP contribution is -2.35. The van der Waals surface area contributed by atoms with E-state index in [1.165, 1.54) is 0 Å². The monoisotopic (exact) mass is 542 g/mol. The van der Waals surface area contributed by atoms with Crippen LogP contribution in [0.5, 0.6) is 0 Å². The number of hydrogen-bond acceptors (Lipinski definition) is 5. The van der Waals surface area contributed by atoms with Crippen LogP contribution in [-0.4, -0.2) is 78.6 Å². The van der Waals surface area contributed by atoms with Crippen molar-refractivity contribution < 1.29 is 17.6 Å². The van der Waals surface area contributed by atoms with E-state index in [2.05, 4.69) is 27.0 Å². The van der Waals surface area contributed by atoms with Crippen molar-refractivity contribution in [1.82, 2.24) is 25.1 Å². The average Bonchev–Trinajstić information content (AvgIpc) is 3.47. The maximum absolute atomic E-state index is 13.8. The van der Waals surface area contributed by atoms with Gasteiger partial charge in [0, 0.05) is 38.2 Å². The number of hydrogen-bond donors (Lipinski definition) is 2. The summed E-state index contributed by atoms with van der Waals surface area (Å²) in [6.07, 6.45) is 3.18. The van der Waals surface area contributed by atoms with Crippen LogP contribution in [-0.2, 0) is 0 Å². The molecule has 0 saturated carbocycles. The van der Waals surface area contributed by atoms with E-state index in [-0.39, 0.29) is 19.5 Å². The Morgan fingerprint density at radius 1 is 1.18 bits per heavy atom. The van der Waals surface area contributed by atoms with Gasteiger partial charge in [0.2, 0.25) is 0 Å². The number of H-pyrrole nitrogens is 1. The quantitative estimate of drug-likeness (QED) is 0.179. The molecule has 1 unspecified atom stereocenters. The number of halogens is 4. The Hall–Kier alpha value is -3.50. The van der Waals surface area contributed by atoms with Crippen molar-refractivity contribution in [2.75, 3.05) is 40.3 Å². The molecular weight excluding hydrogens is 508 g/mol. The molecule has 1 aliphatic rings. The molecule has 1 aromatic heterocycles. The van der Waals surface area contributed by atoms with Crippen molar-refractivity contribution in [3.05, 3.63) is 72.3 Å². The van der Waals surface area contributed by atoms with Crippen LogP contribution in [0.2, 0.25) is 0 Å². The lowest BCUT2D eigenvalue weighted by atomic mass is 10.0. The molecule has 2 N–H and O–H groups in total. The number of alkyl halides is 4. The van der Waals surface area contributed by atoms with E-state index in [0.29, 0.717) is 24.6 Å². The highest BCUT2D eigenvalue weighted by Crippen LogP contribution is 2.39. The first-order valence-corrected chi connectivity index (χ1v) is 12.7. The Balaban J connectivity index is 1.37. The molecule has 1 atom stereocenters. The zero-order valence-electron chi connectivity index (χ0n) is 22.4. The molecule has 3 aromatic rings. The van der Waals surface area contributed by atoms with Gasteiger partial charge in [0.25, 0.3) is 11.8 Å². The molecule has 0 radical (unpaired) electrons. The van der Waals surface area contributed by atoms with E-state index < -0.39 is 17.9 Å². The van der Waals surface area contributed by atoms with Crippen molar-refractivity contribution in [3.63, 3.8) is 0 Å². The summed E-state index contributed by atoms with van der Waals surface area (Å²) < 4.78 is 53.8. The molecular formula is C29H34F4N6. The van der Waals surface area contributed by atoms with Crippen molar-refractivity contribution in [2.24, 2.45) is 4.99 Å². The van der Waals surface area contributed by atoms with Crippen LogP contribution in [0.3, 0.4) is 0 Å². The van der Waals surface area contributed by atoms with Crippen LogP contribution in [0.1, 0.15) is 30.8 Å². The summed E-state index contributed by atoms with van der Waals surface area (Å²) in [5.74, 6) is -4.88.